The summed E-state index contributed by atoms with van der Waals surface area (Å²) in [6, 6.07) is 32.9. The highest BCUT2D eigenvalue weighted by atomic mass is 16.2. The molecule has 4 atom stereocenters. The van der Waals surface area contributed by atoms with Crippen molar-refractivity contribution in [1.82, 2.24) is 20.9 Å². The SMILES string of the molecule is CC(=O)C(CCCCN)NC(=O)C(Cc1ccccc1)NC(=O)C(Cc1ccc2ccccc2c1)NC(=O)C(Cc1ccc2ccccc2c1)N(C)C(=O)CCCN. The molecule has 11 heteroatoms. The van der Waals surface area contributed by atoms with Gasteiger partial charge < -0.3 is 32.3 Å². The highest BCUT2D eigenvalue weighted by molar-refractivity contribution is 5.96. The maximum atomic E-state index is 14.6. The van der Waals surface area contributed by atoms with E-state index in [1.165, 1.54) is 11.8 Å². The standard InChI is InChI=1S/C47H56N6O5/c1-32(54)40(19-10-11-25-48)50-45(56)41(29-33-13-4-3-5-14-33)51-46(57)42(30-34-21-23-36-15-6-8-17-38(36)27-34)52-47(58)43(53(2)44(55)20-12-26-49)31-35-22-24-37-16-7-9-18-39(37)28-35/h3-9,13-18,21-24,27-28,40-43H,10-12,19-20,25-26,29-31,48-49H2,1-2H3,(H,50,56)(H,51,57)(H,52,58). The van der Waals surface area contributed by atoms with E-state index in [9.17, 15) is 24.0 Å². The van der Waals surface area contributed by atoms with Crippen molar-refractivity contribution in [1.29, 1.82) is 0 Å². The first-order chi connectivity index (χ1) is 28.1. The van der Waals surface area contributed by atoms with Crippen LogP contribution >= 0.6 is 0 Å². The van der Waals surface area contributed by atoms with Crippen LogP contribution in [0.5, 0.6) is 0 Å². The number of nitrogens with two attached hydrogens (primary N) is 2. The summed E-state index contributed by atoms with van der Waals surface area (Å²) < 4.78 is 0. The predicted octanol–water partition coefficient (Wildman–Crippen LogP) is 4.76. The Balaban J connectivity index is 1.47. The molecule has 0 saturated carbocycles. The van der Waals surface area contributed by atoms with Crippen LogP contribution in [0.25, 0.3) is 21.5 Å². The van der Waals surface area contributed by atoms with E-state index in [2.05, 4.69) is 16.0 Å². The zero-order valence-electron chi connectivity index (χ0n) is 33.5. The number of Topliss-reactive ketones (excluding diaryl/α,β-unsaturated/α-hetero) is 1. The Hall–Kier alpha value is -5.91. The number of unbranched alkanes of at least 4 members (excludes halogenated alkanes) is 1. The molecule has 5 aromatic carbocycles. The largest absolute Gasteiger partial charge is 0.345 e. The van der Waals surface area contributed by atoms with Gasteiger partial charge in [0.25, 0.3) is 0 Å². The van der Waals surface area contributed by atoms with E-state index in [4.69, 9.17) is 11.5 Å². The number of ketones is 1. The third-order valence-corrected chi connectivity index (χ3v) is 10.6. The van der Waals surface area contributed by atoms with Crippen LogP contribution in [0.1, 0.15) is 55.7 Å². The van der Waals surface area contributed by atoms with Gasteiger partial charge in [-0.3, -0.25) is 24.0 Å². The molecule has 0 aromatic heterocycles. The van der Waals surface area contributed by atoms with Crippen LogP contribution in [-0.4, -0.2) is 78.6 Å². The average molecular weight is 785 g/mol. The molecule has 0 spiro atoms. The first-order valence-electron chi connectivity index (χ1n) is 20.1. The quantitative estimate of drug-likeness (QED) is 0.0667. The molecule has 4 amide bonds. The Morgan fingerprint density at radius 2 is 1.02 bits per heavy atom. The van der Waals surface area contributed by atoms with E-state index in [1.807, 2.05) is 115 Å². The van der Waals surface area contributed by atoms with Gasteiger partial charge in [-0.1, -0.05) is 115 Å². The molecule has 4 unspecified atom stereocenters. The fourth-order valence-electron chi connectivity index (χ4n) is 7.15. The van der Waals surface area contributed by atoms with Gasteiger partial charge in [0.15, 0.2) is 5.78 Å². The number of likely N-dealkylation sites (N-methyl/N-ethyl adjacent to an activating group) is 1. The first kappa shape index (κ1) is 43.2. The Morgan fingerprint density at radius 1 is 0.534 bits per heavy atom. The second-order valence-corrected chi connectivity index (χ2v) is 15.0. The summed E-state index contributed by atoms with van der Waals surface area (Å²) in [7, 11) is 1.60. The summed E-state index contributed by atoms with van der Waals surface area (Å²) in [5, 5.41) is 12.8. The van der Waals surface area contributed by atoms with Gasteiger partial charge >= 0.3 is 0 Å². The van der Waals surface area contributed by atoms with Crippen LogP contribution in [-0.2, 0) is 43.2 Å². The van der Waals surface area contributed by atoms with E-state index >= 15 is 0 Å². The van der Waals surface area contributed by atoms with Gasteiger partial charge in [-0.2, -0.15) is 0 Å². The van der Waals surface area contributed by atoms with Crippen molar-refractivity contribution in [2.24, 2.45) is 11.5 Å². The van der Waals surface area contributed by atoms with Gasteiger partial charge in [-0.05, 0) is 83.9 Å². The Morgan fingerprint density at radius 3 is 1.57 bits per heavy atom. The fraction of sp³-hybridized carbons (Fsp3) is 0.340. The maximum absolute atomic E-state index is 14.6. The lowest BCUT2D eigenvalue weighted by molar-refractivity contribution is -0.140. The molecule has 5 aromatic rings. The zero-order chi connectivity index (χ0) is 41.4. The van der Waals surface area contributed by atoms with Crippen LogP contribution in [0.3, 0.4) is 0 Å². The van der Waals surface area contributed by atoms with Crippen molar-refractivity contribution in [2.45, 2.75) is 82.5 Å². The number of fused-ring (bicyclic) bond motifs is 2. The zero-order valence-corrected chi connectivity index (χ0v) is 33.5. The number of rotatable bonds is 21. The average Bonchev–Trinajstić information content (AvgIpc) is 3.23. The van der Waals surface area contributed by atoms with E-state index in [-0.39, 0.29) is 37.4 Å². The van der Waals surface area contributed by atoms with Crippen LogP contribution in [0, 0.1) is 0 Å². The molecule has 0 heterocycles. The number of carbonyl (C=O) groups is 5. The molecule has 11 nitrogen and oxygen atoms in total. The molecule has 0 aliphatic carbocycles. The summed E-state index contributed by atoms with van der Waals surface area (Å²) >= 11 is 0. The second kappa shape index (κ2) is 21.6. The predicted molar refractivity (Wildman–Crippen MR) is 230 cm³/mol. The summed E-state index contributed by atoms with van der Waals surface area (Å²) in [6.45, 7) is 2.23. The van der Waals surface area contributed by atoms with Crippen molar-refractivity contribution in [3.05, 3.63) is 132 Å². The minimum Gasteiger partial charge on any atom is -0.345 e. The number of amides is 4. The molecule has 0 fully saturated rings. The van der Waals surface area contributed by atoms with E-state index in [1.54, 1.807) is 7.05 Å². The third-order valence-electron chi connectivity index (χ3n) is 10.6. The van der Waals surface area contributed by atoms with Crippen molar-refractivity contribution < 1.29 is 24.0 Å². The number of carbonyl (C=O) groups excluding carboxylic acids is 5. The highest BCUT2D eigenvalue weighted by Crippen LogP contribution is 2.20. The third kappa shape index (κ3) is 12.3. The van der Waals surface area contributed by atoms with Gasteiger partial charge in [0.2, 0.25) is 23.6 Å². The highest BCUT2D eigenvalue weighted by Gasteiger charge is 2.33. The molecule has 0 bridgehead atoms. The van der Waals surface area contributed by atoms with Crippen molar-refractivity contribution >= 4 is 51.0 Å². The molecule has 0 aliphatic heterocycles. The lowest BCUT2D eigenvalue weighted by atomic mass is 9.98. The lowest BCUT2D eigenvalue weighted by Gasteiger charge is -2.30. The molecule has 0 aliphatic rings. The Bertz CT molecular complexity index is 2180. The fourth-order valence-corrected chi connectivity index (χ4v) is 7.15. The monoisotopic (exact) mass is 784 g/mol. The molecule has 304 valence electrons. The van der Waals surface area contributed by atoms with E-state index < -0.39 is 41.9 Å². The molecule has 0 saturated heterocycles. The summed E-state index contributed by atoms with van der Waals surface area (Å²) in [5.41, 5.74) is 13.8. The summed E-state index contributed by atoms with van der Waals surface area (Å²) in [4.78, 5) is 70.6. The number of benzene rings is 5. The normalized spacial score (nSPS) is 13.2. The van der Waals surface area contributed by atoms with Gasteiger partial charge in [0, 0.05) is 32.7 Å². The summed E-state index contributed by atoms with van der Waals surface area (Å²) in [5.74, 6) is -2.05. The van der Waals surface area contributed by atoms with E-state index in [0.717, 1.165) is 38.2 Å². The second-order valence-electron chi connectivity index (χ2n) is 15.0. The van der Waals surface area contributed by atoms with Crippen LogP contribution < -0.4 is 27.4 Å². The number of nitrogens with zero attached hydrogens (tertiary/aromatic N) is 1. The van der Waals surface area contributed by atoms with Crippen LogP contribution in [0.4, 0.5) is 0 Å². The van der Waals surface area contributed by atoms with Gasteiger partial charge in [0.05, 0.1) is 6.04 Å². The Kier molecular flexibility index (Phi) is 16.1. The van der Waals surface area contributed by atoms with Gasteiger partial charge in [-0.15, -0.1) is 0 Å². The minimum atomic E-state index is -1.14. The van der Waals surface area contributed by atoms with E-state index in [0.29, 0.717) is 38.8 Å². The van der Waals surface area contributed by atoms with Gasteiger partial charge in [-0.25, -0.2) is 0 Å². The lowest BCUT2D eigenvalue weighted by Crippen LogP contribution is -2.59. The van der Waals surface area contributed by atoms with Crippen LogP contribution in [0.15, 0.2) is 115 Å². The van der Waals surface area contributed by atoms with Crippen molar-refractivity contribution in [2.75, 3.05) is 20.1 Å². The molecule has 7 N–H and O–H groups in total. The minimum absolute atomic E-state index is 0.102. The van der Waals surface area contributed by atoms with Crippen LogP contribution in [0.2, 0.25) is 0 Å². The number of hydrogen-bond acceptors (Lipinski definition) is 7. The van der Waals surface area contributed by atoms with Gasteiger partial charge in [0.1, 0.15) is 18.1 Å². The summed E-state index contributed by atoms with van der Waals surface area (Å²) in [6.07, 6.45) is 2.84. The molecule has 58 heavy (non-hydrogen) atoms. The number of hydrogen-bond donors (Lipinski definition) is 5. The molecule has 5 rings (SSSR count). The molecular weight excluding hydrogens is 729 g/mol. The van der Waals surface area contributed by atoms with Crippen molar-refractivity contribution in [3.63, 3.8) is 0 Å². The Labute approximate surface area is 340 Å². The first-order valence-corrected chi connectivity index (χ1v) is 20.1. The number of nitrogens with one attached hydrogen (secondary N) is 3. The van der Waals surface area contributed by atoms with Crippen molar-refractivity contribution in [3.8, 4) is 0 Å². The molecule has 0 radical (unpaired) electrons. The smallest absolute Gasteiger partial charge is 0.243 e. The maximum Gasteiger partial charge on any atom is 0.243 e. The molecular formula is C47H56N6O5. The topological polar surface area (TPSA) is 177 Å².